The zero-order valence-corrected chi connectivity index (χ0v) is 58.8. The molecule has 0 aliphatic carbocycles. The summed E-state index contributed by atoms with van der Waals surface area (Å²) >= 11 is 0. The van der Waals surface area contributed by atoms with Crippen LogP contribution in [0.1, 0.15) is 348 Å². The summed E-state index contributed by atoms with van der Waals surface area (Å²) in [5.74, 6) is -0.826. The van der Waals surface area contributed by atoms with Crippen LogP contribution in [0.25, 0.3) is 0 Å². The van der Waals surface area contributed by atoms with Gasteiger partial charge in [0.05, 0.1) is 13.2 Å². The SMILES string of the molecule is CC/C=C\C/C=C\C/C=C\C/C=C\C/C=C\C/C=C\C/C=C\CCCCCCCCCCCC(=O)OC(COC(=O)CCCCCCCCCCCCCCCCCCCCCCCCCCC/C=C\C/C=C\CCCCCCC)COP(=O)(O)OCCN. The van der Waals surface area contributed by atoms with E-state index in [4.69, 9.17) is 24.3 Å². The maximum Gasteiger partial charge on any atom is 0.472 e. The molecule has 0 aromatic carbocycles. The molecule has 0 fully saturated rings. The summed E-state index contributed by atoms with van der Waals surface area (Å²) in [5, 5.41) is 0. The van der Waals surface area contributed by atoms with E-state index in [1.54, 1.807) is 0 Å². The molecule has 0 spiro atoms. The largest absolute Gasteiger partial charge is 0.472 e. The van der Waals surface area contributed by atoms with Crippen molar-refractivity contribution < 1.29 is 37.6 Å². The van der Waals surface area contributed by atoms with Gasteiger partial charge in [-0.25, -0.2) is 4.57 Å². The van der Waals surface area contributed by atoms with E-state index in [1.807, 2.05) is 0 Å². The van der Waals surface area contributed by atoms with E-state index in [0.29, 0.717) is 6.42 Å². The minimum atomic E-state index is -4.40. The number of rotatable bonds is 70. The van der Waals surface area contributed by atoms with Crippen molar-refractivity contribution in [3.8, 4) is 0 Å². The van der Waals surface area contributed by atoms with Gasteiger partial charge in [0, 0.05) is 19.4 Å². The molecule has 0 aliphatic rings. The Morgan fingerprint density at radius 2 is 0.618 bits per heavy atom. The van der Waals surface area contributed by atoms with Crippen LogP contribution in [0.5, 0.6) is 0 Å². The third kappa shape index (κ3) is 73.6. The molecule has 0 radical (unpaired) electrons. The molecule has 10 heteroatoms. The van der Waals surface area contributed by atoms with Gasteiger partial charge >= 0.3 is 19.8 Å². The van der Waals surface area contributed by atoms with Crippen LogP contribution in [-0.2, 0) is 32.7 Å². The third-order valence-corrected chi connectivity index (χ3v) is 17.1. The Morgan fingerprint density at radius 3 is 0.921 bits per heavy atom. The van der Waals surface area contributed by atoms with Crippen LogP contribution >= 0.6 is 7.82 Å². The van der Waals surface area contributed by atoms with E-state index in [-0.39, 0.29) is 38.6 Å². The minimum Gasteiger partial charge on any atom is -0.462 e. The van der Waals surface area contributed by atoms with Gasteiger partial charge in [0.1, 0.15) is 6.61 Å². The second-order valence-electron chi connectivity index (χ2n) is 24.8. The predicted molar refractivity (Wildman–Crippen MR) is 385 cm³/mol. The molecular weight excluding hydrogens is 1120 g/mol. The van der Waals surface area contributed by atoms with E-state index in [0.717, 1.165) is 96.3 Å². The van der Waals surface area contributed by atoms with Gasteiger partial charge in [0.15, 0.2) is 6.10 Å². The zero-order chi connectivity index (χ0) is 64.4. The average molecular weight is 1260 g/mol. The zero-order valence-electron chi connectivity index (χ0n) is 57.9. The van der Waals surface area contributed by atoms with E-state index in [1.165, 1.54) is 218 Å². The first-order chi connectivity index (χ1) is 43.8. The predicted octanol–water partition coefficient (Wildman–Crippen LogP) is 24.9. The normalized spacial score (nSPS) is 13.5. The average Bonchev–Trinajstić information content (AvgIpc) is 3.68. The second-order valence-corrected chi connectivity index (χ2v) is 26.2. The van der Waals surface area contributed by atoms with Crippen LogP contribution in [0.15, 0.2) is 109 Å². The smallest absolute Gasteiger partial charge is 0.462 e. The first-order valence-corrected chi connectivity index (χ1v) is 38.9. The lowest BCUT2D eigenvalue weighted by molar-refractivity contribution is -0.161. The van der Waals surface area contributed by atoms with E-state index in [9.17, 15) is 19.0 Å². The monoisotopic (exact) mass is 1260 g/mol. The first-order valence-electron chi connectivity index (χ1n) is 37.4. The van der Waals surface area contributed by atoms with Crippen molar-refractivity contribution in [2.24, 2.45) is 5.73 Å². The molecule has 0 aliphatic heterocycles. The number of carbonyl (C=O) groups excluding carboxylic acids is 2. The molecular formula is C79H140NO8P. The summed E-state index contributed by atoms with van der Waals surface area (Å²) in [7, 11) is -4.40. The van der Waals surface area contributed by atoms with Crippen molar-refractivity contribution in [1.29, 1.82) is 0 Å². The van der Waals surface area contributed by atoms with Crippen LogP contribution < -0.4 is 5.73 Å². The number of hydrogen-bond donors (Lipinski definition) is 2. The van der Waals surface area contributed by atoms with Gasteiger partial charge in [-0.2, -0.15) is 0 Å². The molecule has 0 amide bonds. The molecule has 0 aromatic rings. The van der Waals surface area contributed by atoms with Gasteiger partial charge in [-0.15, -0.1) is 0 Å². The fraction of sp³-hybridized carbons (Fsp3) is 0.747. The van der Waals surface area contributed by atoms with E-state index >= 15 is 0 Å². The summed E-state index contributed by atoms with van der Waals surface area (Å²) in [6.07, 6.45) is 102. The van der Waals surface area contributed by atoms with E-state index < -0.39 is 26.5 Å². The van der Waals surface area contributed by atoms with Crippen molar-refractivity contribution in [2.75, 3.05) is 26.4 Å². The molecule has 0 aromatic heterocycles. The Labute approximate surface area is 549 Å². The quantitative estimate of drug-likeness (QED) is 0.0264. The molecule has 9 nitrogen and oxygen atoms in total. The Hall–Kier alpha value is -3.33. The molecule has 514 valence electrons. The molecule has 0 saturated carbocycles. The summed E-state index contributed by atoms with van der Waals surface area (Å²) in [6, 6.07) is 0. The number of phosphoric acid groups is 1. The maximum atomic E-state index is 12.8. The van der Waals surface area contributed by atoms with Gasteiger partial charge in [0.2, 0.25) is 0 Å². The van der Waals surface area contributed by atoms with Gasteiger partial charge in [-0.3, -0.25) is 18.6 Å². The summed E-state index contributed by atoms with van der Waals surface area (Å²) in [5.41, 5.74) is 5.41. The number of nitrogens with two attached hydrogens (primary N) is 1. The number of unbranched alkanes of at least 4 members (excludes halogenated alkanes) is 39. The highest BCUT2D eigenvalue weighted by Gasteiger charge is 2.26. The molecule has 89 heavy (non-hydrogen) atoms. The maximum absolute atomic E-state index is 12.8. The number of ether oxygens (including phenoxy) is 2. The Kier molecular flexibility index (Phi) is 71.0. The molecule has 0 saturated heterocycles. The summed E-state index contributed by atoms with van der Waals surface area (Å²) in [4.78, 5) is 35.4. The Morgan fingerprint density at radius 1 is 0.348 bits per heavy atom. The fourth-order valence-corrected chi connectivity index (χ4v) is 11.4. The molecule has 0 rings (SSSR count). The van der Waals surface area contributed by atoms with Crippen LogP contribution in [-0.4, -0.2) is 49.3 Å². The highest BCUT2D eigenvalue weighted by molar-refractivity contribution is 7.47. The molecule has 3 N–H and O–H groups in total. The molecule has 2 atom stereocenters. The topological polar surface area (TPSA) is 134 Å². The Balaban J connectivity index is 3.85. The number of phosphoric ester groups is 1. The van der Waals surface area contributed by atoms with Crippen molar-refractivity contribution in [2.45, 2.75) is 354 Å². The minimum absolute atomic E-state index is 0.0492. The standard InChI is InChI=1S/C79H140NO8P/c1-3-5-7-9-11-13-15-17-19-21-23-25-27-29-31-33-35-36-37-38-39-40-42-43-45-47-49-51-53-55-57-59-61-63-65-67-69-71-78(81)85-75-77(76-87-89(83,84)86-74-73-80)88-79(82)72-70-68-66-64-62-60-58-56-54-52-50-48-46-44-41-34-32-30-28-26-24-22-20-18-16-14-12-10-8-6-4-2/h6,8,12,14-15,17-18,20-21,23-24,26,30,32,41,44,48,50,77H,3-5,7,9-11,13,16,19,22,25,27-29,31,33-40,42-43,45-47,49,51-76,80H2,1-2H3,(H,83,84)/b8-6-,14-12-,17-15-,20-18-,23-21-,26-24-,32-30-,44-41-,50-48-. The van der Waals surface area contributed by atoms with Crippen LogP contribution in [0, 0.1) is 0 Å². The summed E-state index contributed by atoms with van der Waals surface area (Å²) in [6.45, 7) is 3.65. The lowest BCUT2D eigenvalue weighted by Gasteiger charge is -2.19. The van der Waals surface area contributed by atoms with Gasteiger partial charge in [0.25, 0.3) is 0 Å². The highest BCUT2D eigenvalue weighted by atomic mass is 31.2. The van der Waals surface area contributed by atoms with Crippen molar-refractivity contribution >= 4 is 19.8 Å². The van der Waals surface area contributed by atoms with E-state index in [2.05, 4.69) is 123 Å². The van der Waals surface area contributed by atoms with Crippen LogP contribution in [0.3, 0.4) is 0 Å². The molecule has 2 unspecified atom stereocenters. The number of carbonyl (C=O) groups is 2. The lowest BCUT2D eigenvalue weighted by atomic mass is 10.0. The number of esters is 2. The van der Waals surface area contributed by atoms with Crippen molar-refractivity contribution in [3.63, 3.8) is 0 Å². The van der Waals surface area contributed by atoms with Gasteiger partial charge in [-0.1, -0.05) is 342 Å². The molecule has 0 bridgehead atoms. The van der Waals surface area contributed by atoms with Crippen LogP contribution in [0.4, 0.5) is 0 Å². The van der Waals surface area contributed by atoms with Gasteiger partial charge in [-0.05, 0) is 103 Å². The second kappa shape index (κ2) is 73.7. The summed E-state index contributed by atoms with van der Waals surface area (Å²) < 4.78 is 33.2. The van der Waals surface area contributed by atoms with Gasteiger partial charge < -0.3 is 20.1 Å². The van der Waals surface area contributed by atoms with Crippen molar-refractivity contribution in [1.82, 2.24) is 0 Å². The molecule has 0 heterocycles. The first kappa shape index (κ1) is 85.7. The highest BCUT2D eigenvalue weighted by Crippen LogP contribution is 2.43. The third-order valence-electron chi connectivity index (χ3n) is 16.1. The number of hydrogen-bond acceptors (Lipinski definition) is 8. The lowest BCUT2D eigenvalue weighted by Crippen LogP contribution is -2.29. The fourth-order valence-electron chi connectivity index (χ4n) is 10.7. The van der Waals surface area contributed by atoms with Crippen LogP contribution in [0.2, 0.25) is 0 Å². The Bertz CT molecular complexity index is 1830. The number of allylic oxidation sites excluding steroid dienone is 18. The van der Waals surface area contributed by atoms with Crippen molar-refractivity contribution in [3.05, 3.63) is 109 Å².